The van der Waals surface area contributed by atoms with E-state index in [1.54, 1.807) is 27.6 Å². The van der Waals surface area contributed by atoms with Crippen molar-refractivity contribution in [3.05, 3.63) is 36.3 Å². The van der Waals surface area contributed by atoms with E-state index in [1.165, 1.54) is 6.33 Å². The van der Waals surface area contributed by atoms with Gasteiger partial charge < -0.3 is 5.32 Å². The number of aryl methyl sites for hydroxylation is 1. The summed E-state index contributed by atoms with van der Waals surface area (Å²) in [6.45, 7) is 1.94. The van der Waals surface area contributed by atoms with Crippen molar-refractivity contribution >= 4 is 50.6 Å². The third-order valence-corrected chi connectivity index (χ3v) is 5.20. The second-order valence-corrected chi connectivity index (χ2v) is 6.83. The monoisotopic (exact) mass is 328 g/mol. The molecule has 0 spiro atoms. The average molecular weight is 328 g/mol. The highest BCUT2D eigenvalue weighted by atomic mass is 32.2. The van der Waals surface area contributed by atoms with Crippen molar-refractivity contribution < 1.29 is 0 Å². The molecule has 22 heavy (non-hydrogen) atoms. The van der Waals surface area contributed by atoms with Gasteiger partial charge >= 0.3 is 0 Å². The van der Waals surface area contributed by atoms with Crippen LogP contribution in [0.3, 0.4) is 0 Å². The number of thiazole rings is 1. The summed E-state index contributed by atoms with van der Waals surface area (Å²) < 4.78 is 3.93. The summed E-state index contributed by atoms with van der Waals surface area (Å²) in [7, 11) is 0. The molecule has 3 heterocycles. The first-order valence-corrected chi connectivity index (χ1v) is 8.66. The fraction of sp³-hybridized carbons (Fsp3) is 0.143. The number of thioether (sulfide) groups is 1. The SMILES string of the molecule is CSc1nc2ccc(Nc3cc(C)nc4ncnn34)cc2s1. The van der Waals surface area contributed by atoms with E-state index >= 15 is 0 Å². The quantitative estimate of drug-likeness (QED) is 0.581. The van der Waals surface area contributed by atoms with E-state index in [-0.39, 0.29) is 0 Å². The molecule has 0 atom stereocenters. The Hall–Kier alpha value is -2.19. The van der Waals surface area contributed by atoms with Gasteiger partial charge in [-0.2, -0.15) is 14.6 Å². The number of benzene rings is 1. The van der Waals surface area contributed by atoms with Crippen LogP contribution >= 0.6 is 23.1 Å². The van der Waals surface area contributed by atoms with Crippen LogP contribution in [0.2, 0.25) is 0 Å². The Morgan fingerprint density at radius 2 is 2.14 bits per heavy atom. The number of hydrogen-bond acceptors (Lipinski definition) is 7. The summed E-state index contributed by atoms with van der Waals surface area (Å²) in [4.78, 5) is 13.0. The lowest BCUT2D eigenvalue weighted by atomic mass is 10.3. The fourth-order valence-corrected chi connectivity index (χ4v) is 3.76. The third kappa shape index (κ3) is 2.30. The first-order chi connectivity index (χ1) is 10.7. The Morgan fingerprint density at radius 3 is 3.00 bits per heavy atom. The summed E-state index contributed by atoms with van der Waals surface area (Å²) in [6.07, 6.45) is 3.54. The van der Waals surface area contributed by atoms with Gasteiger partial charge in [0.2, 0.25) is 0 Å². The van der Waals surface area contributed by atoms with Gasteiger partial charge in [-0.05, 0) is 31.4 Å². The number of nitrogens with one attached hydrogen (secondary N) is 1. The molecule has 4 rings (SSSR count). The highest BCUT2D eigenvalue weighted by Gasteiger charge is 2.08. The molecule has 3 aromatic heterocycles. The van der Waals surface area contributed by atoms with Gasteiger partial charge in [0.15, 0.2) is 4.34 Å². The van der Waals surface area contributed by atoms with E-state index < -0.39 is 0 Å². The highest BCUT2D eigenvalue weighted by Crippen LogP contribution is 2.30. The molecule has 0 aliphatic heterocycles. The van der Waals surface area contributed by atoms with Crippen molar-refractivity contribution in [2.24, 2.45) is 0 Å². The molecule has 8 heteroatoms. The van der Waals surface area contributed by atoms with Crippen LogP contribution in [0.1, 0.15) is 5.69 Å². The minimum atomic E-state index is 0.589. The van der Waals surface area contributed by atoms with Gasteiger partial charge in [-0.3, -0.25) is 0 Å². The Labute approximate surface area is 134 Å². The molecular formula is C14H12N6S2. The smallest absolute Gasteiger partial charge is 0.254 e. The molecule has 1 N–H and O–H groups in total. The molecule has 110 valence electrons. The van der Waals surface area contributed by atoms with E-state index in [4.69, 9.17) is 0 Å². The molecule has 0 saturated heterocycles. The number of hydrogen-bond donors (Lipinski definition) is 1. The van der Waals surface area contributed by atoms with Crippen LogP contribution in [0, 0.1) is 6.92 Å². The maximum absolute atomic E-state index is 4.55. The topological polar surface area (TPSA) is 68.0 Å². The van der Waals surface area contributed by atoms with Crippen LogP contribution in [0.4, 0.5) is 11.5 Å². The molecular weight excluding hydrogens is 316 g/mol. The van der Waals surface area contributed by atoms with Crippen LogP contribution in [-0.4, -0.2) is 30.8 Å². The normalized spacial score (nSPS) is 11.4. The van der Waals surface area contributed by atoms with Crippen molar-refractivity contribution in [1.29, 1.82) is 0 Å². The van der Waals surface area contributed by atoms with E-state index in [0.717, 1.165) is 31.8 Å². The molecule has 0 amide bonds. The predicted octanol–water partition coefficient (Wildman–Crippen LogP) is 3.51. The van der Waals surface area contributed by atoms with Gasteiger partial charge in [0.1, 0.15) is 12.1 Å². The molecule has 0 aliphatic rings. The van der Waals surface area contributed by atoms with E-state index in [1.807, 2.05) is 31.4 Å². The van der Waals surface area contributed by atoms with Crippen LogP contribution in [-0.2, 0) is 0 Å². The van der Waals surface area contributed by atoms with Gasteiger partial charge in [0.05, 0.1) is 10.2 Å². The first-order valence-electron chi connectivity index (χ1n) is 6.62. The molecule has 0 fully saturated rings. The van der Waals surface area contributed by atoms with E-state index in [9.17, 15) is 0 Å². The Kier molecular flexibility index (Phi) is 3.20. The first kappa shape index (κ1) is 13.5. The molecule has 0 radical (unpaired) electrons. The van der Waals surface area contributed by atoms with Gasteiger partial charge in [0.25, 0.3) is 5.78 Å². The van der Waals surface area contributed by atoms with Crippen molar-refractivity contribution in [1.82, 2.24) is 24.6 Å². The van der Waals surface area contributed by atoms with Gasteiger partial charge in [-0.15, -0.1) is 11.3 Å². The van der Waals surface area contributed by atoms with Crippen molar-refractivity contribution in [3.63, 3.8) is 0 Å². The maximum atomic E-state index is 4.55. The Bertz CT molecular complexity index is 974. The summed E-state index contributed by atoms with van der Waals surface area (Å²) in [6, 6.07) is 8.10. The molecule has 0 aliphatic carbocycles. The van der Waals surface area contributed by atoms with Gasteiger partial charge in [0, 0.05) is 17.4 Å². The molecule has 0 unspecified atom stereocenters. The molecule has 0 saturated carbocycles. The standard InChI is InChI=1S/C14H12N6S2/c1-8-5-12(20-13(17-8)15-7-16-20)18-9-3-4-10-11(6-9)22-14(19-10)21-2/h3-7,18H,1-2H3. The van der Waals surface area contributed by atoms with E-state index in [2.05, 4.69) is 31.4 Å². The summed E-state index contributed by atoms with van der Waals surface area (Å²) in [5.74, 6) is 1.43. The zero-order chi connectivity index (χ0) is 15.1. The summed E-state index contributed by atoms with van der Waals surface area (Å²) in [5.41, 5.74) is 2.91. The largest absolute Gasteiger partial charge is 0.340 e. The van der Waals surface area contributed by atoms with E-state index in [0.29, 0.717) is 5.78 Å². The van der Waals surface area contributed by atoms with Crippen molar-refractivity contribution in [2.45, 2.75) is 11.3 Å². The lowest BCUT2D eigenvalue weighted by molar-refractivity contribution is 0.937. The molecule has 6 nitrogen and oxygen atoms in total. The fourth-order valence-electron chi connectivity index (χ4n) is 2.24. The lowest BCUT2D eigenvalue weighted by Crippen LogP contribution is -2.02. The number of aromatic nitrogens is 5. The van der Waals surface area contributed by atoms with Crippen molar-refractivity contribution in [2.75, 3.05) is 11.6 Å². The maximum Gasteiger partial charge on any atom is 0.254 e. The zero-order valence-corrected chi connectivity index (χ0v) is 13.6. The summed E-state index contributed by atoms with van der Waals surface area (Å²) in [5, 5.41) is 7.59. The van der Waals surface area contributed by atoms with Crippen LogP contribution in [0.25, 0.3) is 16.0 Å². The number of anilines is 2. The lowest BCUT2D eigenvalue weighted by Gasteiger charge is -2.08. The second kappa shape index (κ2) is 5.22. The zero-order valence-electron chi connectivity index (χ0n) is 11.9. The number of rotatable bonds is 3. The van der Waals surface area contributed by atoms with Crippen LogP contribution in [0.5, 0.6) is 0 Å². The minimum Gasteiger partial charge on any atom is -0.340 e. The Morgan fingerprint density at radius 1 is 1.23 bits per heavy atom. The highest BCUT2D eigenvalue weighted by molar-refractivity contribution is 8.00. The molecule has 4 aromatic rings. The second-order valence-electron chi connectivity index (χ2n) is 4.75. The van der Waals surface area contributed by atoms with Crippen LogP contribution in [0.15, 0.2) is 34.9 Å². The van der Waals surface area contributed by atoms with Crippen LogP contribution < -0.4 is 5.32 Å². The minimum absolute atomic E-state index is 0.589. The van der Waals surface area contributed by atoms with Crippen molar-refractivity contribution in [3.8, 4) is 0 Å². The predicted molar refractivity (Wildman–Crippen MR) is 90.2 cm³/mol. The summed E-state index contributed by atoms with van der Waals surface area (Å²) >= 11 is 3.36. The number of nitrogens with zero attached hydrogens (tertiary/aromatic N) is 5. The average Bonchev–Trinajstić information content (AvgIpc) is 3.12. The molecule has 0 bridgehead atoms. The molecule has 1 aromatic carbocycles. The van der Waals surface area contributed by atoms with Gasteiger partial charge in [-0.25, -0.2) is 9.97 Å². The number of fused-ring (bicyclic) bond motifs is 2. The van der Waals surface area contributed by atoms with Gasteiger partial charge in [-0.1, -0.05) is 11.8 Å². The third-order valence-electron chi connectivity index (χ3n) is 3.20. The Balaban J connectivity index is 1.76.